The largest absolute Gasteiger partial charge is 0.435 e. The number of rotatable bonds is 0. The molecule has 0 aliphatic carbocycles. The van der Waals surface area contributed by atoms with E-state index in [2.05, 4.69) is 5.10 Å². The third-order valence-corrected chi connectivity index (χ3v) is 2.83. The molecule has 0 saturated heterocycles. The van der Waals surface area contributed by atoms with E-state index in [1.165, 1.54) is 4.68 Å². The van der Waals surface area contributed by atoms with E-state index in [1.807, 2.05) is 22.9 Å². The molecule has 0 amide bonds. The van der Waals surface area contributed by atoms with Crippen LogP contribution in [0, 0.1) is 0 Å². The summed E-state index contributed by atoms with van der Waals surface area (Å²) in [5.41, 5.74) is 0.454. The van der Waals surface area contributed by atoms with E-state index >= 15 is 0 Å². The minimum atomic E-state index is -4.38. The molecule has 88 valence electrons. The van der Waals surface area contributed by atoms with Crippen LogP contribution in [0.3, 0.4) is 0 Å². The van der Waals surface area contributed by atoms with Gasteiger partial charge in [-0.2, -0.15) is 22.8 Å². The first-order valence-corrected chi connectivity index (χ1v) is 5.19. The Kier molecular flexibility index (Phi) is 2.01. The number of hydrogen-bond donors (Lipinski definition) is 0. The smallest absolute Gasteiger partial charge is 0.252 e. The van der Waals surface area contributed by atoms with Crippen molar-refractivity contribution < 1.29 is 17.7 Å². The first kappa shape index (κ1) is 10.3. The van der Waals surface area contributed by atoms with Crippen molar-refractivity contribution in [2.45, 2.75) is 19.3 Å². The van der Waals surface area contributed by atoms with Crippen molar-refractivity contribution in [1.82, 2.24) is 9.78 Å². The van der Waals surface area contributed by atoms with Gasteiger partial charge in [0, 0.05) is 18.2 Å². The van der Waals surface area contributed by atoms with E-state index < -0.39 is 11.9 Å². The third kappa shape index (κ3) is 1.60. The fourth-order valence-corrected chi connectivity index (χ4v) is 2.04. The van der Waals surface area contributed by atoms with Crippen molar-refractivity contribution in [3.63, 3.8) is 0 Å². The van der Waals surface area contributed by atoms with Gasteiger partial charge in [-0.1, -0.05) is 0 Å². The lowest BCUT2D eigenvalue weighted by Crippen LogP contribution is -2.41. The molecule has 0 unspecified atom stereocenters. The normalized spacial score (nSPS) is 14.3. The molecule has 0 radical (unpaired) electrons. The van der Waals surface area contributed by atoms with Crippen LogP contribution in [0.2, 0.25) is 0 Å². The molecule has 17 heavy (non-hydrogen) atoms. The van der Waals surface area contributed by atoms with Gasteiger partial charge in [0.25, 0.3) is 0 Å². The van der Waals surface area contributed by atoms with Gasteiger partial charge >= 0.3 is 6.18 Å². The highest BCUT2D eigenvalue weighted by Gasteiger charge is 2.37. The molecule has 3 nitrogen and oxygen atoms in total. The zero-order valence-electron chi connectivity index (χ0n) is 8.78. The number of halogens is 3. The SMILES string of the molecule is FC(F)(F)c1cc2n(n1)CC[n+]1ccccc1-2. The standard InChI is InChI=1S/C11H9F3N3/c12-11(13,14)10-7-9-8-3-1-2-4-16(8)5-6-17(9)15-10/h1-4,7H,5-6H2/q+1. The summed E-state index contributed by atoms with van der Waals surface area (Å²) in [5.74, 6) is 0. The van der Waals surface area contributed by atoms with Gasteiger partial charge in [-0.05, 0) is 6.07 Å². The van der Waals surface area contributed by atoms with Crippen LogP contribution in [-0.2, 0) is 19.3 Å². The van der Waals surface area contributed by atoms with E-state index in [-0.39, 0.29) is 0 Å². The third-order valence-electron chi connectivity index (χ3n) is 2.83. The molecule has 3 heterocycles. The first-order valence-electron chi connectivity index (χ1n) is 5.19. The maximum atomic E-state index is 12.6. The first-order chi connectivity index (χ1) is 8.05. The number of aromatic nitrogens is 3. The molecule has 1 aliphatic rings. The van der Waals surface area contributed by atoms with Gasteiger partial charge in [-0.25, -0.2) is 0 Å². The fourth-order valence-electron chi connectivity index (χ4n) is 2.04. The summed E-state index contributed by atoms with van der Waals surface area (Å²) in [4.78, 5) is 0. The van der Waals surface area contributed by atoms with Crippen molar-refractivity contribution in [3.05, 3.63) is 36.2 Å². The van der Waals surface area contributed by atoms with Crippen LogP contribution in [0.5, 0.6) is 0 Å². The maximum absolute atomic E-state index is 12.6. The Morgan fingerprint density at radius 1 is 1.29 bits per heavy atom. The lowest BCUT2D eigenvalue weighted by atomic mass is 10.2. The van der Waals surface area contributed by atoms with Crippen LogP contribution in [0.4, 0.5) is 13.2 Å². The van der Waals surface area contributed by atoms with Crippen LogP contribution < -0.4 is 4.57 Å². The summed E-state index contributed by atoms with van der Waals surface area (Å²) < 4.78 is 41.0. The van der Waals surface area contributed by atoms with Crippen LogP contribution in [-0.4, -0.2) is 9.78 Å². The van der Waals surface area contributed by atoms with Gasteiger partial charge in [-0.3, -0.25) is 4.68 Å². The summed E-state index contributed by atoms with van der Waals surface area (Å²) in [6, 6.07) is 6.57. The van der Waals surface area contributed by atoms with Crippen LogP contribution in [0.15, 0.2) is 30.5 Å². The molecular weight excluding hydrogens is 231 g/mol. The minimum absolute atomic E-state index is 0.465. The molecule has 3 rings (SSSR count). The van der Waals surface area contributed by atoms with Gasteiger partial charge in [-0.15, -0.1) is 0 Å². The Hall–Kier alpha value is -1.85. The molecule has 2 aromatic heterocycles. The van der Waals surface area contributed by atoms with Crippen molar-refractivity contribution in [2.24, 2.45) is 0 Å². The van der Waals surface area contributed by atoms with Crippen LogP contribution in [0.25, 0.3) is 11.4 Å². The zero-order chi connectivity index (χ0) is 12.0. The van der Waals surface area contributed by atoms with Crippen LogP contribution in [0.1, 0.15) is 5.69 Å². The average molecular weight is 240 g/mol. The van der Waals surface area contributed by atoms with E-state index in [9.17, 15) is 13.2 Å². The molecular formula is C11H9F3N3+. The molecule has 1 aliphatic heterocycles. The molecule has 0 saturated carbocycles. The van der Waals surface area contributed by atoms with E-state index in [0.717, 1.165) is 11.8 Å². The predicted octanol–water partition coefficient (Wildman–Crippen LogP) is 1.87. The molecule has 0 fully saturated rings. The number of aryl methyl sites for hydroxylation is 2. The Labute approximate surface area is 95.1 Å². The van der Waals surface area contributed by atoms with Gasteiger partial charge in [0.15, 0.2) is 18.4 Å². The topological polar surface area (TPSA) is 21.7 Å². The monoisotopic (exact) mass is 240 g/mol. The van der Waals surface area contributed by atoms with Gasteiger partial charge in [0.05, 0.1) is 0 Å². The van der Waals surface area contributed by atoms with Crippen molar-refractivity contribution in [2.75, 3.05) is 0 Å². The number of hydrogen-bond acceptors (Lipinski definition) is 1. The zero-order valence-corrected chi connectivity index (χ0v) is 8.78. The van der Waals surface area contributed by atoms with Crippen molar-refractivity contribution in [3.8, 4) is 11.4 Å². The highest BCUT2D eigenvalue weighted by molar-refractivity contribution is 5.52. The van der Waals surface area contributed by atoms with Crippen molar-refractivity contribution >= 4 is 0 Å². The van der Waals surface area contributed by atoms with E-state index in [0.29, 0.717) is 18.8 Å². The summed E-state index contributed by atoms with van der Waals surface area (Å²) in [6.07, 6.45) is -2.52. The van der Waals surface area contributed by atoms with Gasteiger partial charge < -0.3 is 0 Å². The molecule has 0 bridgehead atoms. The summed E-state index contributed by atoms with van der Waals surface area (Å²) in [6.45, 7) is 1.11. The Bertz CT molecular complexity index is 572. The number of pyridine rings is 1. The van der Waals surface area contributed by atoms with Gasteiger partial charge in [0.2, 0.25) is 5.69 Å². The highest BCUT2D eigenvalue weighted by atomic mass is 19.4. The molecule has 0 aromatic carbocycles. The Morgan fingerprint density at radius 2 is 2.12 bits per heavy atom. The Balaban J connectivity index is 2.17. The highest BCUT2D eigenvalue weighted by Crippen LogP contribution is 2.31. The quantitative estimate of drug-likeness (QED) is 0.644. The number of fused-ring (bicyclic) bond motifs is 3. The lowest BCUT2D eigenvalue weighted by molar-refractivity contribution is -0.690. The van der Waals surface area contributed by atoms with E-state index in [1.54, 1.807) is 6.07 Å². The molecule has 0 atom stereocenters. The summed E-state index contributed by atoms with van der Waals surface area (Å²) >= 11 is 0. The lowest BCUT2D eigenvalue weighted by Gasteiger charge is -2.11. The second-order valence-corrected chi connectivity index (χ2v) is 3.91. The van der Waals surface area contributed by atoms with Crippen molar-refractivity contribution in [1.29, 1.82) is 0 Å². The number of alkyl halides is 3. The summed E-state index contributed by atoms with van der Waals surface area (Å²) in [5, 5.41) is 3.60. The summed E-state index contributed by atoms with van der Waals surface area (Å²) in [7, 11) is 0. The maximum Gasteiger partial charge on any atom is 0.435 e. The fraction of sp³-hybridized carbons (Fsp3) is 0.273. The number of nitrogens with zero attached hydrogens (tertiary/aromatic N) is 3. The predicted molar refractivity (Wildman–Crippen MR) is 52.9 cm³/mol. The molecule has 0 N–H and O–H groups in total. The molecule has 2 aromatic rings. The second-order valence-electron chi connectivity index (χ2n) is 3.91. The molecule has 6 heteroatoms. The van der Waals surface area contributed by atoms with Gasteiger partial charge in [0.1, 0.15) is 12.2 Å². The molecule has 0 spiro atoms. The minimum Gasteiger partial charge on any atom is -0.252 e. The average Bonchev–Trinajstić information content (AvgIpc) is 2.72. The van der Waals surface area contributed by atoms with Crippen LogP contribution >= 0.6 is 0 Å². The van der Waals surface area contributed by atoms with E-state index in [4.69, 9.17) is 0 Å². The second kappa shape index (κ2) is 3.32. The Morgan fingerprint density at radius 3 is 2.88 bits per heavy atom.